The third-order valence-electron chi connectivity index (χ3n) is 2.06. The molecule has 1 aromatic heterocycles. The topological polar surface area (TPSA) is 37.3 Å². The zero-order valence-electron chi connectivity index (χ0n) is 8.81. The van der Waals surface area contributed by atoms with Crippen molar-refractivity contribution in [3.63, 3.8) is 0 Å². The van der Waals surface area contributed by atoms with E-state index >= 15 is 0 Å². The summed E-state index contributed by atoms with van der Waals surface area (Å²) in [6.07, 6.45) is 3.47. The Bertz CT molecular complexity index is 283. The minimum absolute atomic E-state index is 0.373. The number of thiophene rings is 1. The number of hydrogen-bond donors (Lipinski definition) is 1. The van der Waals surface area contributed by atoms with Crippen LogP contribution in [0.5, 0.6) is 0 Å². The van der Waals surface area contributed by atoms with Crippen molar-refractivity contribution in [3.8, 4) is 0 Å². The van der Waals surface area contributed by atoms with Gasteiger partial charge in [0.1, 0.15) is 5.25 Å². The van der Waals surface area contributed by atoms with E-state index in [0.29, 0.717) is 0 Å². The van der Waals surface area contributed by atoms with E-state index in [0.717, 1.165) is 17.1 Å². The second kappa shape index (κ2) is 6.90. The van der Waals surface area contributed by atoms with Gasteiger partial charge in [0.05, 0.1) is 0 Å². The first kappa shape index (κ1) is 12.6. The predicted molar refractivity (Wildman–Crippen MR) is 66.7 cm³/mol. The van der Waals surface area contributed by atoms with Gasteiger partial charge in [-0.3, -0.25) is 4.79 Å². The summed E-state index contributed by atoms with van der Waals surface area (Å²) < 4.78 is 0. The van der Waals surface area contributed by atoms with Gasteiger partial charge in [-0.15, -0.1) is 23.1 Å². The summed E-state index contributed by atoms with van der Waals surface area (Å²) in [7, 11) is 0. The first-order valence-electron chi connectivity index (χ1n) is 5.13. The number of carbonyl (C=O) groups is 1. The lowest BCUT2D eigenvalue weighted by atomic mass is 10.3. The fourth-order valence-corrected chi connectivity index (χ4v) is 3.33. The van der Waals surface area contributed by atoms with Gasteiger partial charge < -0.3 is 5.11 Å². The summed E-state index contributed by atoms with van der Waals surface area (Å²) in [6, 6.07) is 3.80. The Labute approximate surface area is 98.7 Å². The number of unbranched alkanes of at least 4 members (excludes halogenated alkanes) is 2. The van der Waals surface area contributed by atoms with Crippen LogP contribution < -0.4 is 0 Å². The van der Waals surface area contributed by atoms with E-state index in [9.17, 15) is 4.79 Å². The Morgan fingerprint density at radius 1 is 1.60 bits per heavy atom. The molecular formula is C11H16O2S2. The molecule has 1 aromatic rings. The number of carboxylic acid groups (broad SMARTS) is 1. The van der Waals surface area contributed by atoms with E-state index in [-0.39, 0.29) is 5.25 Å². The molecule has 0 fully saturated rings. The van der Waals surface area contributed by atoms with E-state index in [4.69, 9.17) is 5.11 Å². The third-order valence-corrected chi connectivity index (χ3v) is 4.46. The predicted octanol–water partition coefficient (Wildman–Crippen LogP) is 3.80. The van der Waals surface area contributed by atoms with Gasteiger partial charge in [0.2, 0.25) is 0 Å². The minimum Gasteiger partial charge on any atom is -0.480 e. The molecule has 4 heteroatoms. The lowest BCUT2D eigenvalue weighted by molar-refractivity contribution is -0.136. The molecule has 0 aromatic carbocycles. The van der Waals surface area contributed by atoms with Crippen molar-refractivity contribution in [1.29, 1.82) is 0 Å². The van der Waals surface area contributed by atoms with Crippen LogP contribution in [0.1, 0.15) is 36.3 Å². The summed E-state index contributed by atoms with van der Waals surface area (Å²) in [6.45, 7) is 2.15. The molecule has 0 bridgehead atoms. The average molecular weight is 244 g/mol. The highest BCUT2D eigenvalue weighted by Gasteiger charge is 2.20. The molecule has 15 heavy (non-hydrogen) atoms. The van der Waals surface area contributed by atoms with Gasteiger partial charge in [0, 0.05) is 4.88 Å². The summed E-state index contributed by atoms with van der Waals surface area (Å²) in [5, 5.41) is 10.6. The van der Waals surface area contributed by atoms with Crippen LogP contribution >= 0.6 is 23.1 Å². The molecule has 0 radical (unpaired) electrons. The zero-order chi connectivity index (χ0) is 11.1. The second-order valence-corrected chi connectivity index (χ2v) is 5.50. The van der Waals surface area contributed by atoms with Gasteiger partial charge in [0.25, 0.3) is 0 Å². The van der Waals surface area contributed by atoms with Gasteiger partial charge in [-0.2, -0.15) is 0 Å². The highest BCUT2D eigenvalue weighted by molar-refractivity contribution is 8.00. The SMILES string of the molecule is CCCCCSC(C(=O)O)c1cccs1. The molecule has 1 N–H and O–H groups in total. The monoisotopic (exact) mass is 244 g/mol. The number of hydrogen-bond acceptors (Lipinski definition) is 3. The maximum atomic E-state index is 11.0. The number of carboxylic acids is 1. The van der Waals surface area contributed by atoms with E-state index in [1.165, 1.54) is 35.9 Å². The maximum Gasteiger partial charge on any atom is 0.322 e. The minimum atomic E-state index is -0.723. The van der Waals surface area contributed by atoms with E-state index in [1.54, 1.807) is 0 Å². The fourth-order valence-electron chi connectivity index (χ4n) is 1.27. The van der Waals surface area contributed by atoms with Gasteiger partial charge in [-0.25, -0.2) is 0 Å². The molecule has 0 aliphatic carbocycles. The van der Waals surface area contributed by atoms with Crippen LogP contribution in [0, 0.1) is 0 Å². The number of rotatable bonds is 7. The van der Waals surface area contributed by atoms with Crippen molar-refractivity contribution in [2.75, 3.05) is 5.75 Å². The molecule has 0 amide bonds. The van der Waals surface area contributed by atoms with Crippen LogP contribution in [0.3, 0.4) is 0 Å². The molecule has 0 aliphatic rings. The number of thioether (sulfide) groups is 1. The molecule has 2 nitrogen and oxygen atoms in total. The Kier molecular flexibility index (Phi) is 5.79. The molecule has 0 aliphatic heterocycles. The van der Waals surface area contributed by atoms with Crippen LogP contribution in [0.2, 0.25) is 0 Å². The molecule has 0 saturated heterocycles. The standard InChI is InChI=1S/C11H16O2S2/c1-2-3-4-7-15-10(11(12)13)9-6-5-8-14-9/h5-6,8,10H,2-4,7H2,1H3,(H,12,13). The third kappa shape index (κ3) is 4.26. The highest BCUT2D eigenvalue weighted by Crippen LogP contribution is 2.32. The molecule has 1 rings (SSSR count). The summed E-state index contributed by atoms with van der Waals surface area (Å²) >= 11 is 3.06. The van der Waals surface area contributed by atoms with Gasteiger partial charge in [-0.05, 0) is 23.6 Å². The van der Waals surface area contributed by atoms with Crippen LogP contribution in [0.15, 0.2) is 17.5 Å². The van der Waals surface area contributed by atoms with Crippen LogP contribution in [0.4, 0.5) is 0 Å². The second-order valence-electron chi connectivity index (χ2n) is 3.31. The van der Waals surface area contributed by atoms with Crippen molar-refractivity contribution < 1.29 is 9.90 Å². The van der Waals surface area contributed by atoms with E-state index in [2.05, 4.69) is 6.92 Å². The van der Waals surface area contributed by atoms with Crippen molar-refractivity contribution in [2.24, 2.45) is 0 Å². The van der Waals surface area contributed by atoms with Crippen LogP contribution in [-0.2, 0) is 4.79 Å². The molecule has 1 heterocycles. The first-order chi connectivity index (χ1) is 7.25. The summed E-state index contributed by atoms with van der Waals surface area (Å²) in [5.41, 5.74) is 0. The van der Waals surface area contributed by atoms with Gasteiger partial charge in [-0.1, -0.05) is 25.8 Å². The maximum absolute atomic E-state index is 11.0. The molecule has 84 valence electrons. The highest BCUT2D eigenvalue weighted by atomic mass is 32.2. The van der Waals surface area contributed by atoms with E-state index in [1.807, 2.05) is 17.5 Å². The van der Waals surface area contributed by atoms with Crippen molar-refractivity contribution in [2.45, 2.75) is 31.4 Å². The molecule has 0 spiro atoms. The van der Waals surface area contributed by atoms with Crippen LogP contribution in [-0.4, -0.2) is 16.8 Å². The van der Waals surface area contributed by atoms with Crippen molar-refractivity contribution >= 4 is 29.1 Å². The van der Waals surface area contributed by atoms with Crippen LogP contribution in [0.25, 0.3) is 0 Å². The van der Waals surface area contributed by atoms with Gasteiger partial charge >= 0.3 is 5.97 Å². The average Bonchev–Trinajstić information content (AvgIpc) is 2.70. The Morgan fingerprint density at radius 2 is 2.40 bits per heavy atom. The quantitative estimate of drug-likeness (QED) is 0.741. The van der Waals surface area contributed by atoms with Crippen molar-refractivity contribution in [1.82, 2.24) is 0 Å². The fraction of sp³-hybridized carbons (Fsp3) is 0.545. The molecular weight excluding hydrogens is 228 g/mol. The zero-order valence-corrected chi connectivity index (χ0v) is 10.4. The van der Waals surface area contributed by atoms with Crippen molar-refractivity contribution in [3.05, 3.63) is 22.4 Å². The van der Waals surface area contributed by atoms with E-state index < -0.39 is 5.97 Å². The first-order valence-corrected chi connectivity index (χ1v) is 7.06. The number of aliphatic carboxylic acids is 1. The van der Waals surface area contributed by atoms with Gasteiger partial charge in [0.15, 0.2) is 0 Å². The molecule has 1 unspecified atom stereocenters. The lowest BCUT2D eigenvalue weighted by Crippen LogP contribution is -2.07. The largest absolute Gasteiger partial charge is 0.480 e. The Hall–Kier alpha value is -0.480. The Balaban J connectivity index is 2.42. The molecule has 0 saturated carbocycles. The summed E-state index contributed by atoms with van der Waals surface area (Å²) in [4.78, 5) is 12.0. The lowest BCUT2D eigenvalue weighted by Gasteiger charge is -2.09. The smallest absolute Gasteiger partial charge is 0.322 e. The summed E-state index contributed by atoms with van der Waals surface area (Å²) in [5.74, 6) is 0.210. The Morgan fingerprint density at radius 3 is 2.93 bits per heavy atom. The normalized spacial score (nSPS) is 12.6. The molecule has 1 atom stereocenters.